The van der Waals surface area contributed by atoms with Gasteiger partial charge >= 0.3 is 6.18 Å². The van der Waals surface area contributed by atoms with Crippen LogP contribution in [0.3, 0.4) is 0 Å². The number of nitrogens with two attached hydrogens (primary N) is 1. The Morgan fingerprint density at radius 3 is 2.48 bits per heavy atom. The number of aliphatic hydroxyl groups is 2. The number of nitrogens with one attached hydrogen (secondary N) is 1. The average molecular weight is 592 g/mol. The average Bonchev–Trinajstić information content (AvgIpc) is 3.24. The summed E-state index contributed by atoms with van der Waals surface area (Å²) in [5, 5.41) is 22.7. The second-order valence-corrected chi connectivity index (χ2v) is 10.7. The van der Waals surface area contributed by atoms with Gasteiger partial charge in [0, 0.05) is 29.5 Å². The van der Waals surface area contributed by atoms with Crippen molar-refractivity contribution < 1.29 is 46.8 Å². The van der Waals surface area contributed by atoms with E-state index in [1.165, 1.54) is 37.4 Å². The number of pyridine rings is 1. The highest BCUT2D eigenvalue weighted by molar-refractivity contribution is 5.95. The van der Waals surface area contributed by atoms with Gasteiger partial charge in [0.1, 0.15) is 24.2 Å². The van der Waals surface area contributed by atoms with Crippen molar-refractivity contribution in [3.8, 4) is 28.5 Å². The van der Waals surface area contributed by atoms with Gasteiger partial charge in [-0.15, -0.1) is 0 Å². The van der Waals surface area contributed by atoms with Crippen LogP contribution in [0.15, 0.2) is 48.5 Å². The van der Waals surface area contributed by atoms with Crippen molar-refractivity contribution in [1.82, 2.24) is 10.3 Å². The molecule has 13 heteroatoms. The van der Waals surface area contributed by atoms with E-state index in [1.807, 2.05) is 0 Å². The molecule has 3 aromatic rings. The summed E-state index contributed by atoms with van der Waals surface area (Å²) in [5.74, 6) is -0.894. The van der Waals surface area contributed by atoms with Crippen molar-refractivity contribution in [3.63, 3.8) is 0 Å². The molecular weight excluding hydrogens is 562 g/mol. The number of alkyl halides is 3. The summed E-state index contributed by atoms with van der Waals surface area (Å²) in [6, 6.07) is 9.95. The number of carbonyl (C=O) groups is 1. The lowest BCUT2D eigenvalue weighted by atomic mass is 9.89. The molecule has 224 valence electrons. The maximum atomic E-state index is 14.5. The topological polar surface area (TPSA) is 136 Å². The number of benzene rings is 2. The van der Waals surface area contributed by atoms with Crippen LogP contribution in [-0.2, 0) is 11.1 Å². The van der Waals surface area contributed by atoms with Gasteiger partial charge in [-0.3, -0.25) is 4.79 Å². The summed E-state index contributed by atoms with van der Waals surface area (Å²) in [7, 11) is 1.34. The maximum Gasteiger partial charge on any atom is 0.424 e. The van der Waals surface area contributed by atoms with E-state index in [-0.39, 0.29) is 46.6 Å². The fourth-order valence-corrected chi connectivity index (χ4v) is 4.78. The molecule has 1 aromatic heterocycles. The van der Waals surface area contributed by atoms with Crippen LogP contribution in [0.25, 0.3) is 11.3 Å². The zero-order valence-electron chi connectivity index (χ0n) is 22.7. The second kappa shape index (κ2) is 10.7. The SMILES string of the molecule is COc1cc(C(=O)NCC(O)(c2cc3c(c(-c4ccc(F)cc4)n2)OCC3(C)N)C(F)(F)F)ccc1OC1CC(O)C1. The fraction of sp³-hybridized carbons (Fsp3) is 0.379. The Hall–Kier alpha value is -3.94. The lowest BCUT2D eigenvalue weighted by Crippen LogP contribution is -2.51. The van der Waals surface area contributed by atoms with Crippen molar-refractivity contribution in [1.29, 1.82) is 0 Å². The van der Waals surface area contributed by atoms with Gasteiger partial charge in [0.25, 0.3) is 5.91 Å². The minimum Gasteiger partial charge on any atom is -0.493 e. The van der Waals surface area contributed by atoms with E-state index in [9.17, 15) is 32.6 Å². The summed E-state index contributed by atoms with van der Waals surface area (Å²) in [4.78, 5) is 17.1. The van der Waals surface area contributed by atoms with E-state index in [2.05, 4.69) is 10.3 Å². The first-order valence-electron chi connectivity index (χ1n) is 13.1. The molecule has 0 bridgehead atoms. The molecule has 1 fully saturated rings. The Labute approximate surface area is 238 Å². The van der Waals surface area contributed by atoms with Crippen molar-refractivity contribution >= 4 is 5.91 Å². The molecule has 0 saturated heterocycles. The summed E-state index contributed by atoms with van der Waals surface area (Å²) < 4.78 is 73.8. The molecule has 2 atom stereocenters. The highest BCUT2D eigenvalue weighted by Gasteiger charge is 2.57. The number of ether oxygens (including phenoxy) is 3. The van der Waals surface area contributed by atoms with E-state index in [0.29, 0.717) is 18.6 Å². The van der Waals surface area contributed by atoms with Gasteiger partial charge < -0.3 is 35.5 Å². The first kappa shape index (κ1) is 29.5. The van der Waals surface area contributed by atoms with Crippen LogP contribution < -0.4 is 25.3 Å². The number of carbonyl (C=O) groups excluding carboxylic acids is 1. The summed E-state index contributed by atoms with van der Waals surface area (Å²) in [6.45, 7) is 0.206. The molecule has 5 N–H and O–H groups in total. The van der Waals surface area contributed by atoms with Crippen LogP contribution in [0.2, 0.25) is 0 Å². The third kappa shape index (κ3) is 5.46. The molecule has 2 heterocycles. The molecule has 2 aromatic carbocycles. The lowest BCUT2D eigenvalue weighted by Gasteiger charge is -2.32. The summed E-state index contributed by atoms with van der Waals surface area (Å²) in [5.41, 5.74) is 0.918. The molecular formula is C29H29F4N3O6. The number of hydrogen-bond acceptors (Lipinski definition) is 8. The third-order valence-corrected chi connectivity index (χ3v) is 7.41. The second-order valence-electron chi connectivity index (χ2n) is 10.7. The van der Waals surface area contributed by atoms with Crippen LogP contribution >= 0.6 is 0 Å². The number of aliphatic hydroxyl groups excluding tert-OH is 1. The summed E-state index contributed by atoms with van der Waals surface area (Å²) in [6.07, 6.45) is -5.07. The van der Waals surface area contributed by atoms with Crippen LogP contribution in [0, 0.1) is 5.82 Å². The minimum absolute atomic E-state index is 0.0470. The van der Waals surface area contributed by atoms with E-state index in [0.717, 1.165) is 18.2 Å². The maximum absolute atomic E-state index is 14.5. The van der Waals surface area contributed by atoms with Crippen LogP contribution in [0.4, 0.5) is 17.6 Å². The molecule has 2 aliphatic rings. The standard InChI is InChI=1S/C29H29F4N3O6/c1-27(34)14-41-25-20(27)12-23(36-24(25)15-3-6-17(30)7-4-15)28(39,29(31,32)33)13-35-26(38)16-5-8-21(22(9-16)40-2)42-19-10-18(37)11-19/h3-9,12,18-19,37,39H,10-11,13-14,34H2,1-2H3,(H,35,38). The molecule has 2 unspecified atom stereocenters. The normalized spacial score (nSPS) is 22.8. The molecule has 1 aliphatic carbocycles. The van der Waals surface area contributed by atoms with Crippen molar-refractivity contribution in [2.45, 2.75) is 49.3 Å². The Balaban J connectivity index is 1.45. The first-order valence-corrected chi connectivity index (χ1v) is 13.1. The number of halogens is 4. The van der Waals surface area contributed by atoms with Gasteiger partial charge in [-0.1, -0.05) is 0 Å². The molecule has 1 amide bonds. The van der Waals surface area contributed by atoms with Crippen LogP contribution in [0.1, 0.15) is 41.4 Å². The monoisotopic (exact) mass is 591 g/mol. The van der Waals surface area contributed by atoms with Crippen molar-refractivity contribution in [2.75, 3.05) is 20.3 Å². The Morgan fingerprint density at radius 2 is 1.86 bits per heavy atom. The summed E-state index contributed by atoms with van der Waals surface area (Å²) >= 11 is 0. The molecule has 0 radical (unpaired) electrons. The number of rotatable bonds is 8. The van der Waals surface area contributed by atoms with E-state index < -0.39 is 47.4 Å². The predicted octanol–water partition coefficient (Wildman–Crippen LogP) is 3.54. The number of amides is 1. The van der Waals surface area contributed by atoms with E-state index in [1.54, 1.807) is 6.92 Å². The van der Waals surface area contributed by atoms with Gasteiger partial charge in [0.2, 0.25) is 5.60 Å². The molecule has 5 rings (SSSR count). The van der Waals surface area contributed by atoms with Crippen molar-refractivity contribution in [2.24, 2.45) is 5.73 Å². The van der Waals surface area contributed by atoms with Gasteiger partial charge in [-0.05, 0) is 55.5 Å². The highest BCUT2D eigenvalue weighted by atomic mass is 19.4. The van der Waals surface area contributed by atoms with Gasteiger partial charge in [-0.2, -0.15) is 13.2 Å². The Kier molecular flexibility index (Phi) is 7.54. The van der Waals surface area contributed by atoms with E-state index in [4.69, 9.17) is 19.9 Å². The highest BCUT2D eigenvalue weighted by Crippen LogP contribution is 2.46. The minimum atomic E-state index is -5.28. The number of fused-ring (bicyclic) bond motifs is 1. The number of hydrogen-bond donors (Lipinski definition) is 4. The predicted molar refractivity (Wildman–Crippen MR) is 142 cm³/mol. The molecule has 0 spiro atoms. The zero-order valence-corrected chi connectivity index (χ0v) is 22.7. The molecule has 1 aliphatic heterocycles. The van der Waals surface area contributed by atoms with Gasteiger partial charge in [-0.25, -0.2) is 9.37 Å². The molecule has 9 nitrogen and oxygen atoms in total. The Morgan fingerprint density at radius 1 is 1.17 bits per heavy atom. The van der Waals surface area contributed by atoms with Crippen LogP contribution in [-0.4, -0.2) is 59.7 Å². The smallest absolute Gasteiger partial charge is 0.424 e. The molecule has 1 saturated carbocycles. The quantitative estimate of drug-likeness (QED) is 0.292. The number of nitrogens with zero attached hydrogens (tertiary/aromatic N) is 1. The van der Waals surface area contributed by atoms with Crippen LogP contribution in [0.5, 0.6) is 17.2 Å². The number of methoxy groups -OCH3 is 1. The van der Waals surface area contributed by atoms with Crippen molar-refractivity contribution in [3.05, 3.63) is 71.2 Å². The molecule has 42 heavy (non-hydrogen) atoms. The van der Waals surface area contributed by atoms with Gasteiger partial charge in [0.15, 0.2) is 17.2 Å². The van der Waals surface area contributed by atoms with E-state index >= 15 is 0 Å². The largest absolute Gasteiger partial charge is 0.493 e. The Bertz CT molecular complexity index is 1490. The fourth-order valence-electron chi connectivity index (χ4n) is 4.78. The first-order chi connectivity index (χ1) is 19.7. The zero-order chi connectivity index (χ0) is 30.4. The third-order valence-electron chi connectivity index (χ3n) is 7.41. The van der Waals surface area contributed by atoms with Gasteiger partial charge in [0.05, 0.1) is 31.0 Å². The number of aromatic nitrogens is 1. The lowest BCUT2D eigenvalue weighted by molar-refractivity contribution is -0.265.